The van der Waals surface area contributed by atoms with Gasteiger partial charge < -0.3 is 10.6 Å². The summed E-state index contributed by atoms with van der Waals surface area (Å²) in [4.78, 5) is 2.41. The summed E-state index contributed by atoms with van der Waals surface area (Å²) in [5.74, 6) is 0. The van der Waals surface area contributed by atoms with Crippen molar-refractivity contribution in [2.45, 2.75) is 19.8 Å². The van der Waals surface area contributed by atoms with E-state index in [0.29, 0.717) is 6.54 Å². The molecule has 0 spiro atoms. The Balaban J connectivity index is 2.37. The Kier molecular flexibility index (Phi) is 5.72. The normalized spacial score (nSPS) is 14.7. The topological polar surface area (TPSA) is 41.3 Å². The molecule has 0 bridgehead atoms. The number of nitrogens with zero attached hydrogens (tertiary/aromatic N) is 1. The number of nitrogens with two attached hydrogens (primary N) is 1. The average molecular weight is 456 g/mol. The molecular weight excluding hydrogens is 438 g/mol. The van der Waals surface area contributed by atoms with Crippen LogP contribution in [0.1, 0.15) is 17.5 Å². The molecule has 19 heavy (non-hydrogen) atoms. The van der Waals surface area contributed by atoms with Crippen molar-refractivity contribution in [2.24, 2.45) is 5.73 Å². The molecule has 3 N–H and O–H groups in total. The fourth-order valence-corrected chi connectivity index (χ4v) is 4.29. The average Bonchev–Trinajstić information content (AvgIpc) is 2.43. The first-order chi connectivity index (χ1) is 9.07. The van der Waals surface area contributed by atoms with Crippen molar-refractivity contribution in [1.82, 2.24) is 5.32 Å². The lowest BCUT2D eigenvalue weighted by atomic mass is 9.98. The fourth-order valence-electron chi connectivity index (χ4n) is 2.52. The van der Waals surface area contributed by atoms with Gasteiger partial charge in [0.1, 0.15) is 0 Å². The highest BCUT2D eigenvalue weighted by Crippen LogP contribution is 2.45. The molecule has 0 saturated heterocycles. The molecule has 2 rings (SSSR count). The van der Waals surface area contributed by atoms with Gasteiger partial charge in [0, 0.05) is 38.7 Å². The molecule has 3 nitrogen and oxygen atoms in total. The number of fused-ring (bicyclic) bond motifs is 1. The molecule has 1 aromatic rings. The van der Waals surface area contributed by atoms with Gasteiger partial charge in [-0.2, -0.15) is 0 Å². The first-order valence-corrected chi connectivity index (χ1v) is 8.77. The van der Waals surface area contributed by atoms with Crippen LogP contribution in [0.15, 0.2) is 13.4 Å². The predicted octanol–water partition coefficient (Wildman–Crippen LogP) is 3.54. The van der Waals surface area contributed by atoms with Gasteiger partial charge in [0.15, 0.2) is 0 Å². The van der Waals surface area contributed by atoms with Crippen molar-refractivity contribution < 1.29 is 0 Å². The van der Waals surface area contributed by atoms with E-state index in [9.17, 15) is 0 Å². The molecule has 0 aromatic heterocycles. The lowest BCUT2D eigenvalue weighted by Gasteiger charge is -2.34. The summed E-state index contributed by atoms with van der Waals surface area (Å²) in [6.45, 7) is 5.63. The number of halogens is 3. The fraction of sp³-hybridized carbons (Fsp3) is 0.538. The SMILES string of the molecule is Cc1c(Br)c(Br)c(Br)c2c1N(CNCCN)CCC2. The Hall–Kier alpha value is 0.380. The second-order valence-electron chi connectivity index (χ2n) is 4.71. The Morgan fingerprint density at radius 3 is 2.63 bits per heavy atom. The van der Waals surface area contributed by atoms with Crippen LogP contribution in [-0.4, -0.2) is 26.3 Å². The largest absolute Gasteiger partial charge is 0.358 e. The molecule has 0 unspecified atom stereocenters. The number of rotatable bonds is 4. The summed E-state index contributed by atoms with van der Waals surface area (Å²) >= 11 is 11.0. The van der Waals surface area contributed by atoms with Crippen LogP contribution < -0.4 is 16.0 Å². The quantitative estimate of drug-likeness (QED) is 0.539. The molecule has 0 atom stereocenters. The highest BCUT2D eigenvalue weighted by molar-refractivity contribution is 9.14. The predicted molar refractivity (Wildman–Crippen MR) is 91.9 cm³/mol. The van der Waals surface area contributed by atoms with Crippen molar-refractivity contribution in [1.29, 1.82) is 0 Å². The minimum atomic E-state index is 0.674. The Morgan fingerprint density at radius 1 is 1.21 bits per heavy atom. The summed E-state index contributed by atoms with van der Waals surface area (Å²) in [5, 5.41) is 3.39. The van der Waals surface area contributed by atoms with Gasteiger partial charge in [0.05, 0.1) is 6.67 Å². The Labute approximate surface area is 139 Å². The molecule has 0 radical (unpaired) electrons. The standard InChI is InChI=1S/C13H18Br3N3/c1-8-10(14)12(16)11(15)9-3-2-6-19(13(8)9)7-18-5-4-17/h18H,2-7,17H2,1H3. The minimum Gasteiger partial charge on any atom is -0.358 e. The second kappa shape index (κ2) is 6.89. The molecule has 0 amide bonds. The molecule has 0 fully saturated rings. The number of hydrogen-bond donors (Lipinski definition) is 2. The van der Waals surface area contributed by atoms with Crippen LogP contribution >= 0.6 is 47.8 Å². The third kappa shape index (κ3) is 3.18. The van der Waals surface area contributed by atoms with Gasteiger partial charge >= 0.3 is 0 Å². The minimum absolute atomic E-state index is 0.674. The van der Waals surface area contributed by atoms with Crippen LogP contribution in [0.25, 0.3) is 0 Å². The number of nitrogens with one attached hydrogen (secondary N) is 1. The molecular formula is C13H18Br3N3. The van der Waals surface area contributed by atoms with Gasteiger partial charge in [-0.3, -0.25) is 5.32 Å². The smallest absolute Gasteiger partial charge is 0.0682 e. The van der Waals surface area contributed by atoms with E-state index in [0.717, 1.165) is 35.1 Å². The highest BCUT2D eigenvalue weighted by atomic mass is 79.9. The Morgan fingerprint density at radius 2 is 1.95 bits per heavy atom. The van der Waals surface area contributed by atoms with E-state index in [1.165, 1.54) is 27.7 Å². The molecule has 0 aliphatic carbocycles. The van der Waals surface area contributed by atoms with Crippen molar-refractivity contribution in [3.05, 3.63) is 24.5 Å². The number of anilines is 1. The second-order valence-corrected chi connectivity index (χ2v) is 7.09. The maximum Gasteiger partial charge on any atom is 0.0682 e. The van der Waals surface area contributed by atoms with Crippen LogP contribution in [0.2, 0.25) is 0 Å². The zero-order valence-corrected chi connectivity index (χ0v) is 15.7. The van der Waals surface area contributed by atoms with E-state index in [2.05, 4.69) is 64.9 Å². The van der Waals surface area contributed by atoms with E-state index >= 15 is 0 Å². The molecule has 106 valence electrons. The maximum atomic E-state index is 5.53. The van der Waals surface area contributed by atoms with Crippen molar-refractivity contribution >= 4 is 53.5 Å². The maximum absolute atomic E-state index is 5.53. The molecule has 1 aliphatic rings. The third-order valence-electron chi connectivity index (χ3n) is 3.42. The molecule has 1 heterocycles. The van der Waals surface area contributed by atoms with E-state index in [4.69, 9.17) is 5.73 Å². The summed E-state index contributed by atoms with van der Waals surface area (Å²) in [7, 11) is 0. The van der Waals surface area contributed by atoms with Crippen LogP contribution in [0.3, 0.4) is 0 Å². The van der Waals surface area contributed by atoms with Gasteiger partial charge in [-0.1, -0.05) is 0 Å². The zero-order chi connectivity index (χ0) is 14.0. The zero-order valence-electron chi connectivity index (χ0n) is 10.9. The van der Waals surface area contributed by atoms with Crippen LogP contribution in [0.4, 0.5) is 5.69 Å². The number of hydrogen-bond acceptors (Lipinski definition) is 3. The summed E-state index contributed by atoms with van der Waals surface area (Å²) in [5.41, 5.74) is 9.57. The van der Waals surface area contributed by atoms with E-state index in [1.54, 1.807) is 0 Å². The van der Waals surface area contributed by atoms with Gasteiger partial charge in [0.2, 0.25) is 0 Å². The molecule has 1 aliphatic heterocycles. The van der Waals surface area contributed by atoms with Gasteiger partial charge in [-0.15, -0.1) is 0 Å². The van der Waals surface area contributed by atoms with Crippen LogP contribution in [-0.2, 0) is 6.42 Å². The van der Waals surface area contributed by atoms with Crippen molar-refractivity contribution in [3.8, 4) is 0 Å². The summed E-state index contributed by atoms with van der Waals surface area (Å²) in [6.07, 6.45) is 2.31. The molecule has 1 aromatic carbocycles. The van der Waals surface area contributed by atoms with Gasteiger partial charge in [-0.05, 0) is 78.7 Å². The first-order valence-electron chi connectivity index (χ1n) is 6.39. The van der Waals surface area contributed by atoms with Crippen LogP contribution in [0.5, 0.6) is 0 Å². The summed E-state index contributed by atoms with van der Waals surface area (Å²) in [6, 6.07) is 0. The molecule has 6 heteroatoms. The van der Waals surface area contributed by atoms with Gasteiger partial charge in [0.25, 0.3) is 0 Å². The Bertz CT molecular complexity index is 477. The van der Waals surface area contributed by atoms with Crippen molar-refractivity contribution in [2.75, 3.05) is 31.2 Å². The third-order valence-corrected chi connectivity index (χ3v) is 7.14. The lowest BCUT2D eigenvalue weighted by molar-refractivity contribution is 0.612. The summed E-state index contributed by atoms with van der Waals surface area (Å²) < 4.78 is 3.41. The van der Waals surface area contributed by atoms with E-state index in [-0.39, 0.29) is 0 Å². The van der Waals surface area contributed by atoms with Gasteiger partial charge in [-0.25, -0.2) is 0 Å². The monoisotopic (exact) mass is 453 g/mol. The first kappa shape index (κ1) is 15.8. The lowest BCUT2D eigenvalue weighted by Crippen LogP contribution is -2.40. The van der Waals surface area contributed by atoms with Crippen molar-refractivity contribution in [3.63, 3.8) is 0 Å². The van der Waals surface area contributed by atoms with Crippen LogP contribution in [0, 0.1) is 6.92 Å². The number of benzene rings is 1. The highest BCUT2D eigenvalue weighted by Gasteiger charge is 2.24. The molecule has 0 saturated carbocycles. The van der Waals surface area contributed by atoms with E-state index in [1.807, 2.05) is 0 Å². The van der Waals surface area contributed by atoms with E-state index < -0.39 is 0 Å².